The second kappa shape index (κ2) is 23.2. The highest BCUT2D eigenvalue weighted by atomic mass is 33.1. The number of para-hydroxylation sites is 1. The number of aromatic nitrogens is 2. The van der Waals surface area contributed by atoms with E-state index in [4.69, 9.17) is 34.8 Å². The molecule has 1 aromatic carbocycles. The van der Waals surface area contributed by atoms with Gasteiger partial charge >= 0.3 is 24.1 Å². The molecule has 0 aliphatic carbocycles. The molecule has 0 saturated heterocycles. The Morgan fingerprint density at radius 1 is 0.970 bits per heavy atom. The van der Waals surface area contributed by atoms with Crippen molar-refractivity contribution in [3.8, 4) is 11.4 Å². The standard InChI is InChI=1S/C45H58N6O13S2/c1-6-26(37(53)47-15-16-48-38(54)32(7-2)49-35(52)14-13-31(46)40(56)57)23-44(4,5)41(58)61-17-19-65-66-20-18-62-43(60)64-45(8-3)30-22-34-36-28(21-27-11-9-10-12-33(27)50-36)24-51(34)39(55)29(30)25-63-42(45)59/h9-12,21-22,26,31-32H,6-8,13-20,23-25,46H2,1-5H3,(H,47,53)(H,48,54)(H,49,52)(H,56,57)/t26?,31?,32?,45-/m0/s1. The molecule has 0 bridgehead atoms. The SMILES string of the molecule is CCC(CC(C)(C)C(=O)OCCSSCCOC(=O)O[C@]1(CC)C(=O)OCc2c1cc1n(c2=O)Cc2cc3ccccc3nc2-1)C(=O)NCCNC(=O)C(CC)NC(=O)CCC(N)C(=O)O. The molecule has 6 N–H and O–H groups in total. The maximum atomic E-state index is 13.8. The molecule has 2 aliphatic heterocycles. The summed E-state index contributed by atoms with van der Waals surface area (Å²) in [5.74, 6) is -3.45. The molecule has 3 amide bonds. The molecule has 0 spiro atoms. The first kappa shape index (κ1) is 51.3. The molecular weight excluding hydrogens is 897 g/mol. The zero-order chi connectivity index (χ0) is 48.2. The number of carbonyl (C=O) groups is 7. The fraction of sp³-hybridized carbons (Fsp3) is 0.533. The van der Waals surface area contributed by atoms with Gasteiger partial charge in [-0.3, -0.25) is 28.8 Å². The van der Waals surface area contributed by atoms with Crippen molar-refractivity contribution in [1.29, 1.82) is 0 Å². The Bertz CT molecular complexity index is 2380. The molecule has 66 heavy (non-hydrogen) atoms. The van der Waals surface area contributed by atoms with Crippen LogP contribution in [0.3, 0.4) is 0 Å². The first-order valence-corrected chi connectivity index (χ1v) is 24.4. The number of amides is 3. The normalized spacial score (nSPS) is 16.4. The van der Waals surface area contributed by atoms with Crippen LogP contribution in [0.1, 0.15) is 89.8 Å². The molecule has 2 aliphatic rings. The van der Waals surface area contributed by atoms with Gasteiger partial charge < -0.3 is 50.3 Å². The number of pyridine rings is 2. The number of cyclic esters (lactones) is 1. The van der Waals surface area contributed by atoms with E-state index in [1.165, 1.54) is 21.6 Å². The highest BCUT2D eigenvalue weighted by molar-refractivity contribution is 8.76. The van der Waals surface area contributed by atoms with E-state index < -0.39 is 64.9 Å². The number of carboxylic acid groups (broad SMARTS) is 1. The lowest BCUT2D eigenvalue weighted by Gasteiger charge is -2.35. The van der Waals surface area contributed by atoms with E-state index >= 15 is 0 Å². The highest BCUT2D eigenvalue weighted by Crippen LogP contribution is 2.41. The minimum absolute atomic E-state index is 0.00868. The van der Waals surface area contributed by atoms with Gasteiger partial charge in [-0.2, -0.15) is 0 Å². The zero-order valence-electron chi connectivity index (χ0n) is 37.7. The Hall–Kier alpha value is -5.67. The molecule has 4 heterocycles. The number of nitrogens with zero attached hydrogens (tertiary/aromatic N) is 2. The summed E-state index contributed by atoms with van der Waals surface area (Å²) in [7, 11) is 2.77. The first-order valence-electron chi connectivity index (χ1n) is 21.9. The molecular formula is C45H58N6O13S2. The molecule has 0 saturated carbocycles. The topological polar surface area (TPSA) is 274 Å². The Kier molecular flexibility index (Phi) is 18.0. The maximum absolute atomic E-state index is 13.8. The molecule has 4 atom stereocenters. The summed E-state index contributed by atoms with van der Waals surface area (Å²) in [5.41, 5.74) is 5.43. The lowest BCUT2D eigenvalue weighted by atomic mass is 9.81. The number of carboxylic acids is 1. The van der Waals surface area contributed by atoms with Crippen molar-refractivity contribution in [1.82, 2.24) is 25.5 Å². The van der Waals surface area contributed by atoms with Crippen molar-refractivity contribution in [2.24, 2.45) is 17.1 Å². The second-order valence-electron chi connectivity index (χ2n) is 16.5. The smallest absolute Gasteiger partial charge is 0.480 e. The largest absolute Gasteiger partial charge is 0.509 e. The fourth-order valence-corrected chi connectivity index (χ4v) is 9.34. The van der Waals surface area contributed by atoms with Crippen LogP contribution in [0.15, 0.2) is 41.2 Å². The van der Waals surface area contributed by atoms with Gasteiger partial charge in [0.05, 0.1) is 34.4 Å². The van der Waals surface area contributed by atoms with Gasteiger partial charge in [0.1, 0.15) is 31.9 Å². The summed E-state index contributed by atoms with van der Waals surface area (Å²) < 4.78 is 23.6. The molecule has 3 aromatic rings. The van der Waals surface area contributed by atoms with E-state index in [9.17, 15) is 38.4 Å². The molecule has 19 nitrogen and oxygen atoms in total. The number of nitrogens with one attached hydrogen (secondary N) is 3. The van der Waals surface area contributed by atoms with Crippen LogP contribution in [0.2, 0.25) is 0 Å². The van der Waals surface area contributed by atoms with Crippen LogP contribution in [-0.2, 0) is 66.5 Å². The van der Waals surface area contributed by atoms with Crippen molar-refractivity contribution in [3.05, 3.63) is 63.4 Å². The third-order valence-electron chi connectivity index (χ3n) is 11.5. The number of rotatable bonds is 24. The van der Waals surface area contributed by atoms with E-state index in [-0.39, 0.29) is 81.2 Å². The van der Waals surface area contributed by atoms with Gasteiger partial charge in [0.15, 0.2) is 0 Å². The van der Waals surface area contributed by atoms with Gasteiger partial charge in [0.2, 0.25) is 23.3 Å². The number of ether oxygens (including phenoxy) is 4. The average molecular weight is 955 g/mol. The monoisotopic (exact) mass is 954 g/mol. The van der Waals surface area contributed by atoms with E-state index in [0.29, 0.717) is 42.3 Å². The van der Waals surface area contributed by atoms with Gasteiger partial charge in [0.25, 0.3) is 5.56 Å². The van der Waals surface area contributed by atoms with Gasteiger partial charge in [-0.25, -0.2) is 14.6 Å². The van der Waals surface area contributed by atoms with Gasteiger partial charge in [0, 0.05) is 53.4 Å². The molecule has 0 fully saturated rings. The minimum Gasteiger partial charge on any atom is -0.480 e. The van der Waals surface area contributed by atoms with Crippen molar-refractivity contribution in [2.45, 2.75) is 104 Å². The third kappa shape index (κ3) is 12.4. The summed E-state index contributed by atoms with van der Waals surface area (Å²) in [5, 5.41) is 17.8. The van der Waals surface area contributed by atoms with E-state index in [2.05, 4.69) is 16.0 Å². The third-order valence-corrected chi connectivity index (χ3v) is 13.8. The Labute approximate surface area is 389 Å². The molecule has 3 unspecified atom stereocenters. The van der Waals surface area contributed by atoms with E-state index in [1.54, 1.807) is 38.3 Å². The Balaban J connectivity index is 1.00. The number of carbonyl (C=O) groups excluding carboxylic acids is 6. The van der Waals surface area contributed by atoms with Crippen LogP contribution in [0.4, 0.5) is 4.79 Å². The van der Waals surface area contributed by atoms with Crippen molar-refractivity contribution in [3.63, 3.8) is 0 Å². The predicted molar refractivity (Wildman–Crippen MR) is 246 cm³/mol. The Morgan fingerprint density at radius 2 is 1.65 bits per heavy atom. The summed E-state index contributed by atoms with van der Waals surface area (Å²) in [6.45, 7) is 8.91. The number of nitrogens with two attached hydrogens (primary N) is 1. The predicted octanol–water partition coefficient (Wildman–Crippen LogP) is 3.93. The number of aliphatic carboxylic acids is 1. The average Bonchev–Trinajstić information content (AvgIpc) is 3.66. The van der Waals surface area contributed by atoms with Crippen molar-refractivity contribution in [2.75, 3.05) is 37.8 Å². The highest BCUT2D eigenvalue weighted by Gasteiger charge is 2.51. The molecule has 21 heteroatoms. The van der Waals surface area contributed by atoms with E-state index in [0.717, 1.165) is 16.5 Å². The number of fused-ring (bicyclic) bond motifs is 5. The van der Waals surface area contributed by atoms with Crippen LogP contribution >= 0.6 is 21.6 Å². The zero-order valence-corrected chi connectivity index (χ0v) is 39.4. The van der Waals surface area contributed by atoms with Crippen LogP contribution in [0.5, 0.6) is 0 Å². The summed E-state index contributed by atoms with van der Waals surface area (Å²) in [4.78, 5) is 107. The second-order valence-corrected chi connectivity index (χ2v) is 19.2. The summed E-state index contributed by atoms with van der Waals surface area (Å²) in [6, 6.07) is 9.29. The number of benzene rings is 1. The van der Waals surface area contributed by atoms with Crippen LogP contribution in [0, 0.1) is 11.3 Å². The van der Waals surface area contributed by atoms with Crippen molar-refractivity contribution < 1.29 is 57.6 Å². The van der Waals surface area contributed by atoms with E-state index in [1.807, 2.05) is 37.3 Å². The maximum Gasteiger partial charge on any atom is 0.509 e. The minimum atomic E-state index is -1.90. The van der Waals surface area contributed by atoms with Crippen LogP contribution < -0.4 is 27.2 Å². The van der Waals surface area contributed by atoms with Gasteiger partial charge in [-0.05, 0) is 64.2 Å². The molecule has 0 radical (unpaired) electrons. The lowest BCUT2D eigenvalue weighted by Crippen LogP contribution is -2.48. The Morgan fingerprint density at radius 3 is 2.32 bits per heavy atom. The quantitative estimate of drug-likeness (QED) is 0.0288. The first-order chi connectivity index (χ1) is 31.5. The van der Waals surface area contributed by atoms with Crippen LogP contribution in [-0.4, -0.2) is 106 Å². The van der Waals surface area contributed by atoms with Gasteiger partial charge in [-0.1, -0.05) is 60.6 Å². The molecule has 5 rings (SSSR count). The molecule has 358 valence electrons. The van der Waals surface area contributed by atoms with Crippen molar-refractivity contribution >= 4 is 74.3 Å². The molecule has 2 aromatic heterocycles. The summed E-state index contributed by atoms with van der Waals surface area (Å²) in [6.07, 6.45) is -0.353. The fourth-order valence-electron chi connectivity index (χ4n) is 7.69. The summed E-state index contributed by atoms with van der Waals surface area (Å²) >= 11 is 0. The number of hydrogen-bond acceptors (Lipinski definition) is 16. The van der Waals surface area contributed by atoms with Crippen LogP contribution in [0.25, 0.3) is 22.3 Å². The number of esters is 2. The lowest BCUT2D eigenvalue weighted by molar-refractivity contribution is -0.175. The number of hydrogen-bond donors (Lipinski definition) is 5. The van der Waals surface area contributed by atoms with Gasteiger partial charge in [-0.15, -0.1) is 0 Å².